The number of methoxy groups -OCH3 is 1. The number of carbonyl (C=O) groups is 2. The molecule has 0 aliphatic carbocycles. The van der Waals surface area contributed by atoms with Gasteiger partial charge in [0.1, 0.15) is 0 Å². The van der Waals surface area contributed by atoms with E-state index in [1.165, 1.54) is 19.4 Å². The van der Waals surface area contributed by atoms with Crippen LogP contribution in [0.5, 0.6) is 11.5 Å². The molecule has 1 aliphatic heterocycles. The predicted molar refractivity (Wildman–Crippen MR) is 102 cm³/mol. The number of hydrogen-bond acceptors (Lipinski definition) is 7. The van der Waals surface area contributed by atoms with Gasteiger partial charge >= 0.3 is 5.97 Å². The lowest BCUT2D eigenvalue weighted by atomic mass is 9.94. The zero-order valence-corrected chi connectivity index (χ0v) is 16.9. The molecule has 28 heavy (non-hydrogen) atoms. The second-order valence-electron chi connectivity index (χ2n) is 7.59. The van der Waals surface area contributed by atoms with E-state index in [0.717, 1.165) is 19.3 Å². The molecule has 1 aromatic heterocycles. The Balaban J connectivity index is 2.05. The molecular formula is C20H30N2O6. The van der Waals surface area contributed by atoms with Gasteiger partial charge in [0.05, 0.1) is 19.8 Å². The highest BCUT2D eigenvalue weighted by Gasteiger charge is 2.29. The van der Waals surface area contributed by atoms with Gasteiger partial charge < -0.3 is 24.6 Å². The van der Waals surface area contributed by atoms with E-state index in [-0.39, 0.29) is 29.9 Å². The molecule has 0 radical (unpaired) electrons. The van der Waals surface area contributed by atoms with Crippen LogP contribution in [-0.4, -0.2) is 54.4 Å². The lowest BCUT2D eigenvalue weighted by Gasteiger charge is -2.20. The number of pyridine rings is 1. The Bertz CT molecular complexity index is 679. The topological polar surface area (TPSA) is 107 Å². The van der Waals surface area contributed by atoms with E-state index in [0.29, 0.717) is 18.4 Å². The van der Waals surface area contributed by atoms with Gasteiger partial charge in [0.15, 0.2) is 23.2 Å². The summed E-state index contributed by atoms with van der Waals surface area (Å²) in [7, 11) is 1.37. The molecule has 1 amide bonds. The van der Waals surface area contributed by atoms with Gasteiger partial charge in [-0.1, -0.05) is 20.3 Å². The van der Waals surface area contributed by atoms with Gasteiger partial charge in [0, 0.05) is 18.9 Å². The molecular weight excluding hydrogens is 364 g/mol. The number of nitrogens with zero attached hydrogens (tertiary/aromatic N) is 1. The van der Waals surface area contributed by atoms with Crippen molar-refractivity contribution in [3.63, 3.8) is 0 Å². The highest BCUT2D eigenvalue weighted by atomic mass is 16.5. The smallest absolute Gasteiger partial charge is 0.331 e. The summed E-state index contributed by atoms with van der Waals surface area (Å²) in [6.45, 7) is 6.70. The van der Waals surface area contributed by atoms with Crippen LogP contribution in [-0.2, 0) is 14.3 Å². The van der Waals surface area contributed by atoms with E-state index in [1.807, 2.05) is 6.92 Å². The van der Waals surface area contributed by atoms with Gasteiger partial charge in [0.25, 0.3) is 5.91 Å². The van der Waals surface area contributed by atoms with Crippen molar-refractivity contribution in [1.82, 2.24) is 10.3 Å². The molecule has 0 bridgehead atoms. The molecule has 0 unspecified atom stereocenters. The Morgan fingerprint density at radius 3 is 2.86 bits per heavy atom. The Kier molecular flexibility index (Phi) is 8.04. The Hall–Kier alpha value is -2.35. The first-order chi connectivity index (χ1) is 13.3. The third kappa shape index (κ3) is 6.09. The van der Waals surface area contributed by atoms with Crippen molar-refractivity contribution >= 4 is 11.9 Å². The van der Waals surface area contributed by atoms with Crippen LogP contribution in [0.3, 0.4) is 0 Å². The van der Waals surface area contributed by atoms with Crippen molar-refractivity contribution in [1.29, 1.82) is 0 Å². The van der Waals surface area contributed by atoms with Crippen LogP contribution in [0.15, 0.2) is 12.3 Å². The maximum absolute atomic E-state index is 12.5. The van der Waals surface area contributed by atoms with Gasteiger partial charge in [-0.25, -0.2) is 9.78 Å². The highest BCUT2D eigenvalue weighted by Crippen LogP contribution is 2.27. The third-order valence-corrected chi connectivity index (χ3v) is 4.69. The number of carbonyl (C=O) groups excluding carboxylic acids is 2. The van der Waals surface area contributed by atoms with Crippen LogP contribution in [0.1, 0.15) is 50.5 Å². The van der Waals surface area contributed by atoms with Crippen LogP contribution < -0.4 is 10.1 Å². The lowest BCUT2D eigenvalue weighted by Crippen LogP contribution is -2.45. The molecule has 1 aliphatic rings. The normalized spacial score (nSPS) is 23.3. The van der Waals surface area contributed by atoms with E-state index in [1.54, 1.807) is 0 Å². The summed E-state index contributed by atoms with van der Waals surface area (Å²) >= 11 is 0. The van der Waals surface area contributed by atoms with Gasteiger partial charge in [-0.2, -0.15) is 0 Å². The standard InChI is InChI=1S/C20H30N2O6/c1-12(2)5-6-14-9-13(3)28-20(25)15(11-27-10-14)22-19(24)17-18(23)16(26-4)7-8-21-17/h7-8,12-15,23H,5-6,9-11H2,1-4H3,(H,22,24)/t13-,14+,15-/m0/s1. The maximum Gasteiger partial charge on any atom is 0.331 e. The van der Waals surface area contributed by atoms with Crippen molar-refractivity contribution in [3.8, 4) is 11.5 Å². The van der Waals surface area contributed by atoms with E-state index in [2.05, 4.69) is 24.1 Å². The van der Waals surface area contributed by atoms with Crippen molar-refractivity contribution in [2.45, 2.75) is 52.2 Å². The summed E-state index contributed by atoms with van der Waals surface area (Å²) in [5.41, 5.74) is -0.227. The highest BCUT2D eigenvalue weighted by molar-refractivity contribution is 5.98. The number of ether oxygens (including phenoxy) is 3. The zero-order chi connectivity index (χ0) is 20.7. The van der Waals surface area contributed by atoms with Gasteiger partial charge in [-0.3, -0.25) is 4.79 Å². The quantitative estimate of drug-likeness (QED) is 0.713. The number of esters is 1. The summed E-state index contributed by atoms with van der Waals surface area (Å²) in [6.07, 6.45) is 3.87. The van der Waals surface area contributed by atoms with Crippen LogP contribution in [0.25, 0.3) is 0 Å². The zero-order valence-electron chi connectivity index (χ0n) is 16.9. The largest absolute Gasteiger partial charge is 0.503 e. The molecule has 1 fully saturated rings. The molecule has 1 saturated heterocycles. The molecule has 8 heteroatoms. The number of nitrogens with one attached hydrogen (secondary N) is 1. The summed E-state index contributed by atoms with van der Waals surface area (Å²) in [5.74, 6) is -0.640. The van der Waals surface area contributed by atoms with Crippen LogP contribution >= 0.6 is 0 Å². The number of aromatic nitrogens is 1. The third-order valence-electron chi connectivity index (χ3n) is 4.69. The second kappa shape index (κ2) is 10.3. The van der Waals surface area contributed by atoms with Crippen LogP contribution in [0, 0.1) is 11.8 Å². The number of aromatic hydroxyl groups is 1. The fraction of sp³-hybridized carbons (Fsp3) is 0.650. The van der Waals surface area contributed by atoms with Crippen LogP contribution in [0.4, 0.5) is 0 Å². The molecule has 0 saturated carbocycles. The first kappa shape index (κ1) is 21.9. The molecule has 2 N–H and O–H groups in total. The van der Waals surface area contributed by atoms with E-state index >= 15 is 0 Å². The molecule has 1 aromatic rings. The lowest BCUT2D eigenvalue weighted by molar-refractivity contribution is -0.151. The minimum absolute atomic E-state index is 0.000201. The minimum atomic E-state index is -0.980. The molecule has 2 heterocycles. The molecule has 8 nitrogen and oxygen atoms in total. The molecule has 0 aromatic carbocycles. The average molecular weight is 394 g/mol. The SMILES string of the molecule is COc1ccnc(C(=O)N[C@H]2COC[C@H](CCC(C)C)C[C@H](C)OC2=O)c1O. The van der Waals surface area contributed by atoms with Crippen molar-refractivity contribution in [2.75, 3.05) is 20.3 Å². The van der Waals surface area contributed by atoms with Crippen LogP contribution in [0.2, 0.25) is 0 Å². The first-order valence-corrected chi connectivity index (χ1v) is 9.62. The first-order valence-electron chi connectivity index (χ1n) is 9.62. The summed E-state index contributed by atoms with van der Waals surface area (Å²) in [4.78, 5) is 28.8. The summed E-state index contributed by atoms with van der Waals surface area (Å²) in [5, 5.41) is 12.6. The summed E-state index contributed by atoms with van der Waals surface area (Å²) in [6, 6.07) is 0.453. The molecule has 156 valence electrons. The number of rotatable bonds is 6. The monoisotopic (exact) mass is 394 g/mol. The van der Waals surface area contributed by atoms with Gasteiger partial charge in [-0.05, 0) is 31.6 Å². The second-order valence-corrected chi connectivity index (χ2v) is 7.59. The Labute approximate surface area is 165 Å². The Morgan fingerprint density at radius 1 is 1.43 bits per heavy atom. The fourth-order valence-electron chi connectivity index (χ4n) is 3.15. The van der Waals surface area contributed by atoms with Gasteiger partial charge in [-0.15, -0.1) is 0 Å². The molecule has 0 spiro atoms. The Morgan fingerprint density at radius 2 is 2.18 bits per heavy atom. The van der Waals surface area contributed by atoms with Gasteiger partial charge in [0.2, 0.25) is 0 Å². The predicted octanol–water partition coefficient (Wildman–Crippen LogP) is 2.30. The average Bonchev–Trinajstić information content (AvgIpc) is 2.70. The fourth-order valence-corrected chi connectivity index (χ4v) is 3.15. The van der Waals surface area contributed by atoms with Crippen molar-refractivity contribution in [2.24, 2.45) is 11.8 Å². The molecule has 2 rings (SSSR count). The number of cyclic esters (lactones) is 1. The minimum Gasteiger partial charge on any atom is -0.503 e. The van der Waals surface area contributed by atoms with E-state index < -0.39 is 17.9 Å². The van der Waals surface area contributed by atoms with Crippen molar-refractivity contribution < 1.29 is 28.9 Å². The van der Waals surface area contributed by atoms with Crippen molar-refractivity contribution in [3.05, 3.63) is 18.0 Å². The van der Waals surface area contributed by atoms with E-state index in [4.69, 9.17) is 14.2 Å². The van der Waals surface area contributed by atoms with E-state index in [9.17, 15) is 14.7 Å². The number of amides is 1. The maximum atomic E-state index is 12.5. The number of hydrogen-bond donors (Lipinski definition) is 2. The molecule has 3 atom stereocenters. The summed E-state index contributed by atoms with van der Waals surface area (Å²) < 4.78 is 16.2.